The van der Waals surface area contributed by atoms with Crippen molar-refractivity contribution in [3.05, 3.63) is 71.0 Å². The Kier molecular flexibility index (Phi) is 12.5. The van der Waals surface area contributed by atoms with E-state index >= 15 is 0 Å². The van der Waals surface area contributed by atoms with Gasteiger partial charge in [-0.3, -0.25) is 9.59 Å². The molecule has 4 N–H and O–H groups in total. The van der Waals surface area contributed by atoms with Crippen molar-refractivity contribution < 1.29 is 38.5 Å². The van der Waals surface area contributed by atoms with Gasteiger partial charge in [-0.25, -0.2) is 14.0 Å². The summed E-state index contributed by atoms with van der Waals surface area (Å²) in [7, 11) is 1.63. The largest absolute Gasteiger partial charge is 0.473 e. The summed E-state index contributed by atoms with van der Waals surface area (Å²) in [5, 5.41) is 14.8. The molecule has 1 aliphatic heterocycles. The highest BCUT2D eigenvalue weighted by molar-refractivity contribution is 6.27. The van der Waals surface area contributed by atoms with Crippen molar-refractivity contribution in [1.29, 1.82) is 0 Å². The first-order valence-electron chi connectivity index (χ1n) is 12.2. The van der Waals surface area contributed by atoms with Gasteiger partial charge in [0.05, 0.1) is 6.61 Å². The van der Waals surface area contributed by atoms with Crippen LogP contribution in [0, 0.1) is 11.7 Å². The normalized spacial score (nSPS) is 13.8. The van der Waals surface area contributed by atoms with Crippen LogP contribution in [0.5, 0.6) is 0 Å². The van der Waals surface area contributed by atoms with Crippen molar-refractivity contribution in [3.8, 4) is 0 Å². The van der Waals surface area contributed by atoms with Crippen molar-refractivity contribution in [3.63, 3.8) is 0 Å². The number of carbonyl (C=O) groups excluding carboxylic acids is 2. The second kappa shape index (κ2) is 15.6. The zero-order valence-corrected chi connectivity index (χ0v) is 21.3. The van der Waals surface area contributed by atoms with Gasteiger partial charge in [0.1, 0.15) is 5.82 Å². The summed E-state index contributed by atoms with van der Waals surface area (Å²) in [6.07, 6.45) is 1.53. The number of carbonyl (C=O) groups is 4. The van der Waals surface area contributed by atoms with Crippen molar-refractivity contribution in [2.75, 3.05) is 46.4 Å². The van der Waals surface area contributed by atoms with Crippen molar-refractivity contribution in [1.82, 2.24) is 9.80 Å². The van der Waals surface area contributed by atoms with Gasteiger partial charge in [0.15, 0.2) is 5.78 Å². The molecule has 11 heteroatoms. The molecule has 1 aliphatic rings. The Hall–Kier alpha value is -3.67. The van der Waals surface area contributed by atoms with E-state index in [1.165, 1.54) is 12.1 Å². The molecule has 10 nitrogen and oxygen atoms in total. The maximum absolute atomic E-state index is 13.1. The Labute approximate surface area is 220 Å². The number of methoxy groups -OCH3 is 1. The molecule has 0 unspecified atom stereocenters. The molecule has 38 heavy (non-hydrogen) atoms. The van der Waals surface area contributed by atoms with Gasteiger partial charge in [-0.1, -0.05) is 12.1 Å². The summed E-state index contributed by atoms with van der Waals surface area (Å²) in [4.78, 5) is 48.0. The summed E-state index contributed by atoms with van der Waals surface area (Å²) < 4.78 is 18.3. The van der Waals surface area contributed by atoms with Gasteiger partial charge in [0.25, 0.3) is 5.91 Å². The fourth-order valence-corrected chi connectivity index (χ4v) is 4.01. The van der Waals surface area contributed by atoms with Gasteiger partial charge in [-0.05, 0) is 67.9 Å². The quantitative estimate of drug-likeness (QED) is 0.309. The number of rotatable bonds is 10. The number of likely N-dealkylation sites (tertiary alicyclic amines) is 1. The fourth-order valence-electron chi connectivity index (χ4n) is 4.01. The predicted molar refractivity (Wildman–Crippen MR) is 137 cm³/mol. The van der Waals surface area contributed by atoms with Crippen LogP contribution in [0.2, 0.25) is 0 Å². The van der Waals surface area contributed by atoms with Crippen LogP contribution in [0.4, 0.5) is 4.39 Å². The highest BCUT2D eigenvalue weighted by atomic mass is 19.1. The van der Waals surface area contributed by atoms with Gasteiger partial charge in [-0.2, -0.15) is 0 Å². The molecule has 1 amide bonds. The Balaban J connectivity index is 0.000000757. The van der Waals surface area contributed by atoms with E-state index in [1.54, 1.807) is 19.2 Å². The van der Waals surface area contributed by atoms with Crippen LogP contribution in [0.15, 0.2) is 48.5 Å². The highest BCUT2D eigenvalue weighted by Crippen LogP contribution is 2.22. The number of nitrogens with two attached hydrogens (primary N) is 1. The van der Waals surface area contributed by atoms with Gasteiger partial charge in [0.2, 0.25) is 0 Å². The minimum atomic E-state index is -1.82. The zero-order valence-electron chi connectivity index (χ0n) is 21.3. The minimum absolute atomic E-state index is 0.0213. The lowest BCUT2D eigenvalue weighted by atomic mass is 9.89. The number of hydrogen-bond donors (Lipinski definition) is 3. The number of benzene rings is 2. The van der Waals surface area contributed by atoms with Crippen LogP contribution in [-0.4, -0.2) is 90.1 Å². The molecule has 0 aromatic heterocycles. The molecular formula is C27H34FN3O7. The molecule has 0 bridgehead atoms. The number of Topliss-reactive ketones (excluding diaryl/α,β-unsaturated/α-hetero) is 1. The Morgan fingerprint density at radius 3 is 2.00 bits per heavy atom. The number of ether oxygens (including phenoxy) is 1. The molecule has 0 atom stereocenters. The monoisotopic (exact) mass is 531 g/mol. The van der Waals surface area contributed by atoms with Crippen molar-refractivity contribution >= 4 is 23.6 Å². The van der Waals surface area contributed by atoms with Gasteiger partial charge in [0, 0.05) is 50.3 Å². The van der Waals surface area contributed by atoms with E-state index in [2.05, 4.69) is 4.90 Å². The number of aliphatic carboxylic acids is 2. The number of carboxylic acid groups (broad SMARTS) is 2. The number of amides is 1. The summed E-state index contributed by atoms with van der Waals surface area (Å²) >= 11 is 0. The standard InChI is InChI=1S/C25H32FN3O3.C2H2O4/c1-32-17-16-29(25(31)22-4-2-19(18-27)3-5-22)15-14-28-12-10-21(11-13-28)24(30)20-6-8-23(26)9-7-20;3-1(4)2(5)6/h2-9,21H,10-18,27H2,1H3;(H,3,4)(H,5,6). The average molecular weight is 532 g/mol. The van der Waals surface area contributed by atoms with Crippen molar-refractivity contribution in [2.45, 2.75) is 19.4 Å². The number of ketones is 1. The van der Waals surface area contributed by atoms with Gasteiger partial charge < -0.3 is 30.5 Å². The van der Waals surface area contributed by atoms with Crippen LogP contribution in [0.25, 0.3) is 0 Å². The van der Waals surface area contributed by atoms with Crippen LogP contribution in [0.1, 0.15) is 39.1 Å². The first kappa shape index (κ1) is 30.6. The molecule has 3 rings (SSSR count). The van der Waals surface area contributed by atoms with E-state index in [1.807, 2.05) is 29.2 Å². The molecule has 1 fully saturated rings. The smallest absolute Gasteiger partial charge is 0.414 e. The lowest BCUT2D eigenvalue weighted by molar-refractivity contribution is -0.159. The second-order valence-corrected chi connectivity index (χ2v) is 8.78. The van der Waals surface area contributed by atoms with Crippen molar-refractivity contribution in [2.24, 2.45) is 11.7 Å². The summed E-state index contributed by atoms with van der Waals surface area (Å²) in [6.45, 7) is 4.38. The summed E-state index contributed by atoms with van der Waals surface area (Å²) in [5.74, 6) is -3.96. The third-order valence-electron chi connectivity index (χ3n) is 6.25. The summed E-state index contributed by atoms with van der Waals surface area (Å²) in [5.41, 5.74) is 7.85. The average Bonchev–Trinajstić information content (AvgIpc) is 2.93. The predicted octanol–water partition coefficient (Wildman–Crippen LogP) is 2.12. The van der Waals surface area contributed by atoms with Gasteiger partial charge in [-0.15, -0.1) is 0 Å². The van der Waals surface area contributed by atoms with Crippen LogP contribution in [0.3, 0.4) is 0 Å². The van der Waals surface area contributed by atoms with E-state index in [0.29, 0.717) is 37.4 Å². The Bertz CT molecular complexity index is 1060. The topological polar surface area (TPSA) is 150 Å². The Morgan fingerprint density at radius 1 is 0.947 bits per heavy atom. The number of halogens is 1. The number of nitrogens with zero attached hydrogens (tertiary/aromatic N) is 2. The molecule has 0 radical (unpaired) electrons. The third-order valence-corrected chi connectivity index (χ3v) is 6.25. The van der Waals surface area contributed by atoms with Gasteiger partial charge >= 0.3 is 11.9 Å². The maximum atomic E-state index is 13.1. The third kappa shape index (κ3) is 9.66. The molecule has 206 valence electrons. The minimum Gasteiger partial charge on any atom is -0.473 e. The molecule has 2 aromatic carbocycles. The first-order chi connectivity index (χ1) is 18.2. The number of piperidine rings is 1. The molecule has 0 aliphatic carbocycles. The lowest BCUT2D eigenvalue weighted by Gasteiger charge is -2.33. The van der Waals surface area contributed by atoms with E-state index in [0.717, 1.165) is 38.0 Å². The van der Waals surface area contributed by atoms with Crippen LogP contribution >= 0.6 is 0 Å². The zero-order chi connectivity index (χ0) is 28.1. The second-order valence-electron chi connectivity index (χ2n) is 8.78. The van der Waals surface area contributed by atoms with E-state index in [9.17, 15) is 14.0 Å². The number of hydrogen-bond acceptors (Lipinski definition) is 7. The first-order valence-corrected chi connectivity index (χ1v) is 12.2. The SMILES string of the molecule is COCCN(CCN1CCC(C(=O)c2ccc(F)cc2)CC1)C(=O)c1ccc(CN)cc1.O=C(O)C(=O)O. The van der Waals surface area contributed by atoms with E-state index in [-0.39, 0.29) is 23.4 Å². The maximum Gasteiger partial charge on any atom is 0.414 e. The van der Waals surface area contributed by atoms with Crippen LogP contribution < -0.4 is 5.73 Å². The summed E-state index contributed by atoms with van der Waals surface area (Å²) in [6, 6.07) is 13.2. The lowest BCUT2D eigenvalue weighted by Crippen LogP contribution is -2.43. The highest BCUT2D eigenvalue weighted by Gasteiger charge is 2.26. The van der Waals surface area contributed by atoms with E-state index < -0.39 is 11.9 Å². The molecule has 0 spiro atoms. The molecule has 0 saturated carbocycles. The number of carboxylic acids is 2. The molecule has 1 heterocycles. The van der Waals surface area contributed by atoms with E-state index in [4.69, 9.17) is 30.3 Å². The van der Waals surface area contributed by atoms with Crippen LogP contribution in [-0.2, 0) is 20.9 Å². The molecular weight excluding hydrogens is 497 g/mol. The fraction of sp³-hybridized carbons (Fsp3) is 0.407. The molecule has 1 saturated heterocycles. The molecule has 2 aromatic rings. The Morgan fingerprint density at radius 2 is 1.50 bits per heavy atom.